The molecule has 1 amide bonds. The number of benzene rings is 2. The molecule has 2 aromatic carbocycles. The molecule has 1 unspecified atom stereocenters. The van der Waals surface area contributed by atoms with E-state index in [0.29, 0.717) is 18.7 Å². The van der Waals surface area contributed by atoms with Crippen molar-refractivity contribution in [1.29, 1.82) is 0 Å². The number of nitrogens with one attached hydrogen (secondary N) is 1. The Bertz CT molecular complexity index is 1160. The second-order valence-electron chi connectivity index (χ2n) is 8.05. The number of fused-ring (bicyclic) bond motifs is 1. The second kappa shape index (κ2) is 8.30. The van der Waals surface area contributed by atoms with Crippen LogP contribution < -0.4 is 4.74 Å². The van der Waals surface area contributed by atoms with E-state index in [-0.39, 0.29) is 11.8 Å². The summed E-state index contributed by atoms with van der Waals surface area (Å²) in [5.41, 5.74) is 2.76. The number of hydrogen-bond donors (Lipinski definition) is 1. The highest BCUT2D eigenvalue weighted by atomic mass is 16.5. The molecule has 0 bridgehead atoms. The van der Waals surface area contributed by atoms with Crippen LogP contribution in [0.2, 0.25) is 0 Å². The van der Waals surface area contributed by atoms with Crippen LogP contribution in [0.1, 0.15) is 46.5 Å². The molecule has 0 saturated carbocycles. The summed E-state index contributed by atoms with van der Waals surface area (Å²) in [7, 11) is 1.66. The van der Waals surface area contributed by atoms with Gasteiger partial charge in [-0.15, -0.1) is 0 Å². The number of methoxy groups -OCH3 is 1. The van der Waals surface area contributed by atoms with Gasteiger partial charge in [-0.1, -0.05) is 30.3 Å². The van der Waals surface area contributed by atoms with E-state index in [2.05, 4.69) is 9.97 Å². The third-order valence-corrected chi connectivity index (χ3v) is 5.93. The number of oxazole rings is 1. The van der Waals surface area contributed by atoms with E-state index in [1.165, 1.54) is 0 Å². The van der Waals surface area contributed by atoms with Crippen LogP contribution in [0.15, 0.2) is 65.2 Å². The van der Waals surface area contributed by atoms with Crippen LogP contribution in [-0.2, 0) is 6.42 Å². The number of piperidine rings is 1. The number of carbonyl (C=O) groups excluding carboxylic acids is 1. The normalized spacial score (nSPS) is 16.5. The maximum Gasteiger partial charge on any atom is 0.270 e. The number of aromatic nitrogens is 2. The number of aromatic amines is 1. The lowest BCUT2D eigenvalue weighted by molar-refractivity contribution is 0.0693. The number of amides is 1. The summed E-state index contributed by atoms with van der Waals surface area (Å²) >= 11 is 0. The average molecular weight is 415 g/mol. The Labute approximate surface area is 180 Å². The highest BCUT2D eigenvalue weighted by Crippen LogP contribution is 2.28. The van der Waals surface area contributed by atoms with E-state index < -0.39 is 0 Å². The predicted octanol–water partition coefficient (Wildman–Crippen LogP) is 4.78. The lowest BCUT2D eigenvalue weighted by Crippen LogP contribution is -2.39. The van der Waals surface area contributed by atoms with Crippen LogP contribution in [0.25, 0.3) is 10.9 Å². The molecule has 6 heteroatoms. The van der Waals surface area contributed by atoms with Gasteiger partial charge in [0.25, 0.3) is 5.91 Å². The van der Waals surface area contributed by atoms with Crippen LogP contribution in [0.3, 0.4) is 0 Å². The Kier molecular flexibility index (Phi) is 5.20. The summed E-state index contributed by atoms with van der Waals surface area (Å²) in [5.74, 6) is 2.54. The van der Waals surface area contributed by atoms with Gasteiger partial charge in [0.2, 0.25) is 0 Å². The van der Waals surface area contributed by atoms with Crippen molar-refractivity contribution in [1.82, 2.24) is 14.9 Å². The molecule has 1 aliphatic heterocycles. The van der Waals surface area contributed by atoms with Crippen molar-refractivity contribution in [2.24, 2.45) is 0 Å². The van der Waals surface area contributed by atoms with Crippen molar-refractivity contribution in [3.05, 3.63) is 83.7 Å². The van der Waals surface area contributed by atoms with E-state index in [4.69, 9.17) is 9.15 Å². The van der Waals surface area contributed by atoms with E-state index in [1.807, 2.05) is 59.5 Å². The second-order valence-corrected chi connectivity index (χ2v) is 8.05. The number of rotatable bonds is 5. The van der Waals surface area contributed by atoms with Crippen LogP contribution in [-0.4, -0.2) is 41.0 Å². The van der Waals surface area contributed by atoms with Crippen molar-refractivity contribution in [2.75, 3.05) is 20.2 Å². The fourth-order valence-electron chi connectivity index (χ4n) is 4.26. The molecule has 2 aromatic heterocycles. The van der Waals surface area contributed by atoms with E-state index in [0.717, 1.165) is 53.3 Å². The van der Waals surface area contributed by atoms with E-state index in [9.17, 15) is 4.79 Å². The van der Waals surface area contributed by atoms with Gasteiger partial charge < -0.3 is 19.0 Å². The fraction of sp³-hybridized carbons (Fsp3) is 0.280. The largest absolute Gasteiger partial charge is 0.497 e. The van der Waals surface area contributed by atoms with Gasteiger partial charge in [-0.25, -0.2) is 4.98 Å². The molecule has 1 saturated heterocycles. The highest BCUT2D eigenvalue weighted by molar-refractivity contribution is 5.98. The summed E-state index contributed by atoms with van der Waals surface area (Å²) in [5, 5.41) is 1.05. The highest BCUT2D eigenvalue weighted by Gasteiger charge is 2.29. The molecule has 3 heterocycles. The number of para-hydroxylation sites is 1. The fourth-order valence-corrected chi connectivity index (χ4v) is 4.26. The molecule has 5 rings (SSSR count). The Hall–Kier alpha value is -3.54. The predicted molar refractivity (Wildman–Crippen MR) is 118 cm³/mol. The van der Waals surface area contributed by atoms with Gasteiger partial charge in [0.1, 0.15) is 17.2 Å². The van der Waals surface area contributed by atoms with Gasteiger partial charge >= 0.3 is 0 Å². The van der Waals surface area contributed by atoms with Gasteiger partial charge in [0, 0.05) is 30.4 Å². The molecule has 0 spiro atoms. The number of likely N-dealkylation sites (tertiary alicyclic amines) is 1. The molecule has 158 valence electrons. The summed E-state index contributed by atoms with van der Waals surface area (Å²) in [6.45, 7) is 1.38. The minimum atomic E-state index is 0.0333. The van der Waals surface area contributed by atoms with Gasteiger partial charge in [-0.2, -0.15) is 0 Å². The van der Waals surface area contributed by atoms with Crippen molar-refractivity contribution in [3.63, 3.8) is 0 Å². The molecule has 1 fully saturated rings. The van der Waals surface area contributed by atoms with Gasteiger partial charge in [0.05, 0.1) is 19.2 Å². The molecular weight excluding hydrogens is 390 g/mol. The van der Waals surface area contributed by atoms with Crippen LogP contribution in [0.4, 0.5) is 0 Å². The smallest absolute Gasteiger partial charge is 0.270 e. The first-order chi connectivity index (χ1) is 15.2. The quantitative estimate of drug-likeness (QED) is 0.509. The Morgan fingerprint density at radius 3 is 2.87 bits per heavy atom. The third kappa shape index (κ3) is 4.06. The van der Waals surface area contributed by atoms with Crippen molar-refractivity contribution >= 4 is 16.8 Å². The molecule has 31 heavy (non-hydrogen) atoms. The van der Waals surface area contributed by atoms with Gasteiger partial charge in [0.15, 0.2) is 5.89 Å². The summed E-state index contributed by atoms with van der Waals surface area (Å²) in [4.78, 5) is 22.8. The topological polar surface area (TPSA) is 71.4 Å². The van der Waals surface area contributed by atoms with Crippen molar-refractivity contribution in [3.8, 4) is 5.75 Å². The number of H-pyrrole nitrogens is 1. The Morgan fingerprint density at radius 2 is 2.06 bits per heavy atom. The zero-order valence-corrected chi connectivity index (χ0v) is 17.5. The molecule has 6 nitrogen and oxygen atoms in total. The molecule has 1 N–H and O–H groups in total. The van der Waals surface area contributed by atoms with Crippen LogP contribution >= 0.6 is 0 Å². The lowest BCUT2D eigenvalue weighted by atomic mass is 9.97. The first-order valence-electron chi connectivity index (χ1n) is 10.6. The third-order valence-electron chi connectivity index (χ3n) is 5.93. The summed E-state index contributed by atoms with van der Waals surface area (Å²) in [6.07, 6.45) is 4.39. The zero-order chi connectivity index (χ0) is 21.2. The standard InChI is InChI=1S/C25H25N3O3/c1-30-20-10-8-17(9-11-20)13-21-15-26-24(31-21)19-6-4-12-28(16-19)25(29)23-14-18-5-2-3-7-22(18)27-23/h2-3,5,7-11,14-15,19,27H,4,6,12-13,16H2,1H3. The molecular formula is C25H25N3O3. The first-order valence-corrected chi connectivity index (χ1v) is 10.6. The molecule has 1 atom stereocenters. The number of carbonyl (C=O) groups is 1. The minimum Gasteiger partial charge on any atom is -0.497 e. The van der Waals surface area contributed by atoms with Crippen LogP contribution in [0, 0.1) is 0 Å². The van der Waals surface area contributed by atoms with E-state index >= 15 is 0 Å². The van der Waals surface area contributed by atoms with Gasteiger partial charge in [-0.05, 0) is 42.7 Å². The maximum absolute atomic E-state index is 13.1. The Morgan fingerprint density at radius 1 is 1.23 bits per heavy atom. The number of ether oxygens (including phenoxy) is 1. The average Bonchev–Trinajstić information content (AvgIpc) is 3.46. The molecule has 4 aromatic rings. The summed E-state index contributed by atoms with van der Waals surface area (Å²) in [6, 6.07) is 17.8. The monoisotopic (exact) mass is 415 g/mol. The van der Waals surface area contributed by atoms with Crippen molar-refractivity contribution < 1.29 is 13.9 Å². The summed E-state index contributed by atoms with van der Waals surface area (Å²) < 4.78 is 11.3. The van der Waals surface area contributed by atoms with Crippen LogP contribution in [0.5, 0.6) is 5.75 Å². The maximum atomic E-state index is 13.1. The van der Waals surface area contributed by atoms with E-state index in [1.54, 1.807) is 13.3 Å². The molecule has 0 aliphatic carbocycles. The molecule has 1 aliphatic rings. The Balaban J connectivity index is 1.27. The number of nitrogens with zero attached hydrogens (tertiary/aromatic N) is 2. The zero-order valence-electron chi connectivity index (χ0n) is 17.5. The SMILES string of the molecule is COc1ccc(Cc2cnc(C3CCCN(C(=O)c4cc5ccccc5[nH]4)C3)o2)cc1. The first kappa shape index (κ1) is 19.4. The van der Waals surface area contributed by atoms with Gasteiger partial charge in [-0.3, -0.25) is 4.79 Å². The minimum absolute atomic E-state index is 0.0333. The lowest BCUT2D eigenvalue weighted by Gasteiger charge is -2.31. The van der Waals surface area contributed by atoms with Crippen molar-refractivity contribution in [2.45, 2.75) is 25.2 Å². The molecule has 0 radical (unpaired) electrons. The number of hydrogen-bond acceptors (Lipinski definition) is 4.